The molecule has 0 amide bonds. The number of rotatable bonds is 9. The van der Waals surface area contributed by atoms with Gasteiger partial charge in [-0.2, -0.15) is 0 Å². The first kappa shape index (κ1) is 16.6. The van der Waals surface area contributed by atoms with Gasteiger partial charge in [0.15, 0.2) is 5.78 Å². The Labute approximate surface area is 126 Å². The van der Waals surface area contributed by atoms with Gasteiger partial charge in [0.2, 0.25) is 0 Å². The van der Waals surface area contributed by atoms with Crippen LogP contribution in [0.15, 0.2) is 28.7 Å². The Balaban J connectivity index is 2.23. The molecule has 0 radical (unpaired) electrons. The van der Waals surface area contributed by atoms with Crippen molar-refractivity contribution in [1.29, 1.82) is 0 Å². The van der Waals surface area contributed by atoms with Crippen molar-refractivity contribution < 1.29 is 9.00 Å². The summed E-state index contributed by atoms with van der Waals surface area (Å²) in [4.78, 5) is 11.9. The van der Waals surface area contributed by atoms with E-state index in [0.717, 1.165) is 35.1 Å². The van der Waals surface area contributed by atoms with Crippen molar-refractivity contribution in [1.82, 2.24) is 0 Å². The highest BCUT2D eigenvalue weighted by Crippen LogP contribution is 2.12. The average molecular weight is 345 g/mol. The van der Waals surface area contributed by atoms with E-state index in [4.69, 9.17) is 0 Å². The molecule has 1 rings (SSSR count). The van der Waals surface area contributed by atoms with Crippen LogP contribution >= 0.6 is 15.9 Å². The molecule has 0 aromatic heterocycles. The van der Waals surface area contributed by atoms with Crippen LogP contribution in [0.5, 0.6) is 0 Å². The highest BCUT2D eigenvalue weighted by Gasteiger charge is 2.07. The van der Waals surface area contributed by atoms with Crippen LogP contribution in [0.4, 0.5) is 0 Å². The Hall–Kier alpha value is -0.480. The minimum atomic E-state index is -0.758. The van der Waals surface area contributed by atoms with E-state index in [1.54, 1.807) is 0 Å². The quantitative estimate of drug-likeness (QED) is 0.492. The van der Waals surface area contributed by atoms with Gasteiger partial charge in [0.25, 0.3) is 0 Å². The number of ketones is 1. The second-order valence-corrected chi connectivity index (χ2v) is 7.20. The third-order valence-electron chi connectivity index (χ3n) is 2.92. The van der Waals surface area contributed by atoms with E-state index in [1.165, 1.54) is 0 Å². The summed E-state index contributed by atoms with van der Waals surface area (Å²) in [6.07, 6.45) is 4.53. The van der Waals surface area contributed by atoms with Gasteiger partial charge in [0.05, 0.1) is 0 Å². The molecule has 2 nitrogen and oxygen atoms in total. The highest BCUT2D eigenvalue weighted by molar-refractivity contribution is 9.10. The molecule has 0 saturated heterocycles. The third-order valence-corrected chi connectivity index (χ3v) is 4.93. The van der Waals surface area contributed by atoms with Crippen LogP contribution in [-0.2, 0) is 10.8 Å². The molecule has 106 valence electrons. The summed E-state index contributed by atoms with van der Waals surface area (Å²) in [6, 6.07) is 7.39. The number of unbranched alkanes of at least 4 members (excludes halogenated alkanes) is 2. The van der Waals surface area contributed by atoms with Gasteiger partial charge in [-0.25, -0.2) is 0 Å². The maximum Gasteiger partial charge on any atom is 0.162 e. The van der Waals surface area contributed by atoms with Crippen LogP contribution in [0.25, 0.3) is 0 Å². The zero-order valence-corrected chi connectivity index (χ0v) is 13.8. The molecule has 1 aromatic rings. The molecule has 4 heteroatoms. The Morgan fingerprint density at radius 2 is 1.74 bits per heavy atom. The SMILES string of the molecule is CCCCCS(=O)CCCC(=O)c1ccc(Br)cc1. The van der Waals surface area contributed by atoms with Crippen molar-refractivity contribution in [3.63, 3.8) is 0 Å². The third kappa shape index (κ3) is 7.02. The van der Waals surface area contributed by atoms with Crippen molar-refractivity contribution in [2.24, 2.45) is 0 Å². The number of carbonyl (C=O) groups is 1. The molecule has 0 bridgehead atoms. The molecule has 1 aromatic carbocycles. The van der Waals surface area contributed by atoms with Crippen molar-refractivity contribution in [2.45, 2.75) is 39.0 Å². The van der Waals surface area contributed by atoms with E-state index < -0.39 is 10.8 Å². The maximum absolute atomic E-state index is 11.9. The minimum Gasteiger partial charge on any atom is -0.294 e. The van der Waals surface area contributed by atoms with Crippen LogP contribution in [0, 0.1) is 0 Å². The van der Waals surface area contributed by atoms with E-state index >= 15 is 0 Å². The van der Waals surface area contributed by atoms with Gasteiger partial charge in [-0.3, -0.25) is 9.00 Å². The van der Waals surface area contributed by atoms with Gasteiger partial charge < -0.3 is 0 Å². The van der Waals surface area contributed by atoms with Gasteiger partial charge in [-0.15, -0.1) is 0 Å². The van der Waals surface area contributed by atoms with Crippen LogP contribution in [-0.4, -0.2) is 21.5 Å². The van der Waals surface area contributed by atoms with Crippen LogP contribution in [0.3, 0.4) is 0 Å². The lowest BCUT2D eigenvalue weighted by atomic mass is 10.1. The van der Waals surface area contributed by atoms with Crippen molar-refractivity contribution in [3.05, 3.63) is 34.3 Å². The topological polar surface area (TPSA) is 34.1 Å². The molecule has 1 atom stereocenters. The van der Waals surface area contributed by atoms with Gasteiger partial charge >= 0.3 is 0 Å². The summed E-state index contributed by atoms with van der Waals surface area (Å²) >= 11 is 3.34. The molecule has 19 heavy (non-hydrogen) atoms. The van der Waals surface area contributed by atoms with Crippen molar-refractivity contribution >= 4 is 32.5 Å². The first-order valence-electron chi connectivity index (χ1n) is 6.77. The smallest absolute Gasteiger partial charge is 0.162 e. The average Bonchev–Trinajstić information content (AvgIpc) is 2.39. The van der Waals surface area contributed by atoms with Crippen molar-refractivity contribution in [2.75, 3.05) is 11.5 Å². The monoisotopic (exact) mass is 344 g/mol. The van der Waals surface area contributed by atoms with Crippen LogP contribution in [0.2, 0.25) is 0 Å². The summed E-state index contributed by atoms with van der Waals surface area (Å²) in [6.45, 7) is 2.14. The molecule has 0 fully saturated rings. The fourth-order valence-electron chi connectivity index (χ4n) is 1.79. The summed E-state index contributed by atoms with van der Waals surface area (Å²) in [5.41, 5.74) is 0.736. The number of Topliss-reactive ketones (excluding diaryl/α,β-unsaturated/α-hetero) is 1. The second kappa shape index (κ2) is 9.43. The molecule has 0 spiro atoms. The van der Waals surface area contributed by atoms with E-state index in [1.807, 2.05) is 24.3 Å². The predicted molar refractivity (Wildman–Crippen MR) is 85.1 cm³/mol. The lowest BCUT2D eigenvalue weighted by Gasteiger charge is -2.03. The number of benzene rings is 1. The zero-order valence-electron chi connectivity index (χ0n) is 11.4. The first-order chi connectivity index (χ1) is 9.13. The molecule has 0 saturated carbocycles. The number of hydrogen-bond acceptors (Lipinski definition) is 2. The predicted octanol–water partition coefficient (Wildman–Crippen LogP) is 4.35. The number of hydrogen-bond donors (Lipinski definition) is 0. The van der Waals surface area contributed by atoms with E-state index in [9.17, 15) is 9.00 Å². The maximum atomic E-state index is 11.9. The van der Waals surface area contributed by atoms with Crippen LogP contribution in [0.1, 0.15) is 49.4 Å². The largest absolute Gasteiger partial charge is 0.294 e. The molecule has 0 N–H and O–H groups in total. The molecule has 0 aliphatic heterocycles. The summed E-state index contributed by atoms with van der Waals surface area (Å²) in [5, 5.41) is 0. The van der Waals surface area contributed by atoms with E-state index in [2.05, 4.69) is 22.9 Å². The van der Waals surface area contributed by atoms with E-state index in [0.29, 0.717) is 18.6 Å². The second-order valence-electron chi connectivity index (χ2n) is 4.59. The Morgan fingerprint density at radius 1 is 1.11 bits per heavy atom. The summed E-state index contributed by atoms with van der Waals surface area (Å²) in [7, 11) is -0.758. The zero-order chi connectivity index (χ0) is 14.1. The summed E-state index contributed by atoms with van der Waals surface area (Å²) < 4.78 is 12.6. The standard InChI is InChI=1S/C15H21BrO2S/c1-2-3-4-11-19(18)12-5-6-15(17)13-7-9-14(16)10-8-13/h7-10H,2-6,11-12H2,1H3. The lowest BCUT2D eigenvalue weighted by Crippen LogP contribution is -2.06. The number of halogens is 1. The Bertz CT molecular complexity index is 415. The fraction of sp³-hybridized carbons (Fsp3) is 0.533. The van der Waals surface area contributed by atoms with Gasteiger partial charge in [-0.1, -0.05) is 47.8 Å². The molecule has 0 heterocycles. The Kier molecular flexibility index (Phi) is 8.22. The lowest BCUT2D eigenvalue weighted by molar-refractivity contribution is 0.0982. The van der Waals surface area contributed by atoms with Crippen molar-refractivity contribution in [3.8, 4) is 0 Å². The fourth-order valence-corrected chi connectivity index (χ4v) is 3.25. The normalized spacial score (nSPS) is 12.3. The minimum absolute atomic E-state index is 0.137. The van der Waals surface area contributed by atoms with Crippen LogP contribution < -0.4 is 0 Å². The van der Waals surface area contributed by atoms with Gasteiger partial charge in [-0.05, 0) is 25.0 Å². The summed E-state index contributed by atoms with van der Waals surface area (Å²) in [5.74, 6) is 1.56. The molecular formula is C15H21BrO2S. The number of carbonyl (C=O) groups excluding carboxylic acids is 1. The van der Waals surface area contributed by atoms with Gasteiger partial charge in [0, 0.05) is 38.8 Å². The van der Waals surface area contributed by atoms with Gasteiger partial charge in [0.1, 0.15) is 0 Å². The molecular weight excluding hydrogens is 324 g/mol. The molecule has 1 unspecified atom stereocenters. The first-order valence-corrected chi connectivity index (χ1v) is 9.05. The molecule has 0 aliphatic rings. The van der Waals surface area contributed by atoms with E-state index in [-0.39, 0.29) is 5.78 Å². The highest BCUT2D eigenvalue weighted by atomic mass is 79.9. The molecule has 0 aliphatic carbocycles. The Morgan fingerprint density at radius 3 is 2.37 bits per heavy atom.